The SMILES string of the molecule is COC(=O)[C@@H]1C[C@](C)(C(=O)OCc2ccccc2)C(=O)N1C(=O)OC(C)(C)C. The Morgan fingerprint density at radius 3 is 2.32 bits per heavy atom. The van der Waals surface area contributed by atoms with E-state index >= 15 is 0 Å². The smallest absolute Gasteiger partial charge is 0.417 e. The van der Waals surface area contributed by atoms with Crippen LogP contribution < -0.4 is 0 Å². The first-order valence-corrected chi connectivity index (χ1v) is 8.85. The van der Waals surface area contributed by atoms with Crippen molar-refractivity contribution in [2.24, 2.45) is 5.41 Å². The maximum atomic E-state index is 13.0. The number of methoxy groups -OCH3 is 1. The Morgan fingerprint density at radius 2 is 1.79 bits per heavy atom. The largest absolute Gasteiger partial charge is 0.467 e. The Morgan fingerprint density at radius 1 is 1.18 bits per heavy atom. The second-order valence-corrected chi connectivity index (χ2v) is 7.79. The monoisotopic (exact) mass is 391 g/mol. The van der Waals surface area contributed by atoms with Crippen LogP contribution in [0.5, 0.6) is 0 Å². The second kappa shape index (κ2) is 8.00. The van der Waals surface area contributed by atoms with Crippen LogP contribution in [-0.2, 0) is 35.2 Å². The summed E-state index contributed by atoms with van der Waals surface area (Å²) in [5, 5.41) is 0. The first-order valence-electron chi connectivity index (χ1n) is 8.85. The number of rotatable bonds is 4. The summed E-state index contributed by atoms with van der Waals surface area (Å²) in [6.07, 6.45) is -1.25. The van der Waals surface area contributed by atoms with Crippen LogP contribution in [0.3, 0.4) is 0 Å². The number of amides is 2. The van der Waals surface area contributed by atoms with Crippen LogP contribution in [0.1, 0.15) is 39.7 Å². The number of carbonyl (C=O) groups excluding carboxylic acids is 4. The minimum absolute atomic E-state index is 0.0299. The van der Waals surface area contributed by atoms with Crippen molar-refractivity contribution >= 4 is 23.9 Å². The summed E-state index contributed by atoms with van der Waals surface area (Å²) in [7, 11) is 1.14. The van der Waals surface area contributed by atoms with Crippen LogP contribution in [0.15, 0.2) is 30.3 Å². The van der Waals surface area contributed by atoms with E-state index in [9.17, 15) is 19.2 Å². The molecule has 8 nitrogen and oxygen atoms in total. The molecule has 2 rings (SSSR count). The van der Waals surface area contributed by atoms with E-state index in [4.69, 9.17) is 14.2 Å². The molecule has 0 aliphatic carbocycles. The van der Waals surface area contributed by atoms with Crippen LogP contribution in [0.4, 0.5) is 4.79 Å². The quantitative estimate of drug-likeness (QED) is 0.441. The molecular formula is C20H25NO7. The zero-order chi connectivity index (χ0) is 21.1. The summed E-state index contributed by atoms with van der Waals surface area (Å²) in [5.41, 5.74) is -1.84. The number of nitrogens with zero attached hydrogens (tertiary/aromatic N) is 1. The fourth-order valence-electron chi connectivity index (χ4n) is 2.87. The maximum Gasteiger partial charge on any atom is 0.417 e. The normalized spacial score (nSPS) is 22.0. The standard InChI is InChI=1S/C20H25NO7/c1-19(2,3)28-18(25)21-14(15(22)26-5)11-20(4,16(21)23)17(24)27-12-13-9-7-6-8-10-13/h6-10,14H,11-12H2,1-5H3/t14-,20-/m0/s1. The maximum absolute atomic E-state index is 13.0. The van der Waals surface area contributed by atoms with Gasteiger partial charge in [-0.3, -0.25) is 9.59 Å². The summed E-state index contributed by atoms with van der Waals surface area (Å²) < 4.78 is 15.2. The number of carbonyl (C=O) groups is 4. The molecule has 2 amide bonds. The summed E-state index contributed by atoms with van der Waals surface area (Å²) in [6, 6.07) is 7.70. The van der Waals surface area contributed by atoms with E-state index in [0.717, 1.165) is 12.7 Å². The summed E-state index contributed by atoms with van der Waals surface area (Å²) >= 11 is 0. The number of likely N-dealkylation sites (tertiary alicyclic amines) is 1. The van der Waals surface area contributed by atoms with Crippen molar-refractivity contribution in [1.29, 1.82) is 0 Å². The molecule has 2 atom stereocenters. The van der Waals surface area contributed by atoms with Crippen molar-refractivity contribution in [1.82, 2.24) is 4.90 Å². The second-order valence-electron chi connectivity index (χ2n) is 7.79. The lowest BCUT2D eigenvalue weighted by Gasteiger charge is -2.26. The lowest BCUT2D eigenvalue weighted by Crippen LogP contribution is -2.47. The lowest BCUT2D eigenvalue weighted by atomic mass is 9.87. The van der Waals surface area contributed by atoms with Gasteiger partial charge in [0.05, 0.1) is 7.11 Å². The molecule has 0 spiro atoms. The molecule has 1 heterocycles. The van der Waals surface area contributed by atoms with Crippen molar-refractivity contribution in [3.63, 3.8) is 0 Å². The van der Waals surface area contributed by atoms with E-state index in [-0.39, 0.29) is 13.0 Å². The zero-order valence-corrected chi connectivity index (χ0v) is 16.7. The number of esters is 2. The molecule has 0 radical (unpaired) electrons. The molecule has 0 aromatic heterocycles. The molecule has 1 aliphatic rings. The number of hydrogen-bond donors (Lipinski definition) is 0. The topological polar surface area (TPSA) is 99.2 Å². The molecular weight excluding hydrogens is 366 g/mol. The van der Waals surface area contributed by atoms with E-state index in [2.05, 4.69) is 0 Å². The molecule has 1 aromatic carbocycles. The summed E-state index contributed by atoms with van der Waals surface area (Å²) in [4.78, 5) is 51.0. The highest BCUT2D eigenvalue weighted by molar-refractivity contribution is 6.11. The van der Waals surface area contributed by atoms with Crippen LogP contribution in [0.2, 0.25) is 0 Å². The highest BCUT2D eigenvalue weighted by Gasteiger charge is 2.59. The van der Waals surface area contributed by atoms with Gasteiger partial charge in [-0.2, -0.15) is 0 Å². The van der Waals surface area contributed by atoms with Crippen LogP contribution in [-0.4, -0.2) is 47.6 Å². The van der Waals surface area contributed by atoms with Gasteiger partial charge in [-0.15, -0.1) is 0 Å². The Bertz CT molecular complexity index is 769. The molecule has 0 saturated carbocycles. The molecule has 0 bridgehead atoms. The van der Waals surface area contributed by atoms with Crippen molar-refractivity contribution < 1.29 is 33.4 Å². The van der Waals surface area contributed by atoms with Crippen molar-refractivity contribution in [2.75, 3.05) is 7.11 Å². The van der Waals surface area contributed by atoms with Crippen molar-refractivity contribution in [3.05, 3.63) is 35.9 Å². The van der Waals surface area contributed by atoms with E-state index in [0.29, 0.717) is 4.90 Å². The average Bonchev–Trinajstić information content (AvgIpc) is 2.91. The molecule has 0 N–H and O–H groups in total. The first-order chi connectivity index (χ1) is 13.0. The minimum Gasteiger partial charge on any atom is -0.467 e. The van der Waals surface area contributed by atoms with Crippen LogP contribution >= 0.6 is 0 Å². The fourth-order valence-corrected chi connectivity index (χ4v) is 2.87. The lowest BCUT2D eigenvalue weighted by molar-refractivity contribution is -0.161. The van der Waals surface area contributed by atoms with Gasteiger partial charge in [-0.25, -0.2) is 14.5 Å². The highest BCUT2D eigenvalue weighted by Crippen LogP contribution is 2.38. The molecule has 152 valence electrons. The molecule has 1 fully saturated rings. The van der Waals surface area contributed by atoms with Gasteiger partial charge in [-0.1, -0.05) is 30.3 Å². The van der Waals surface area contributed by atoms with Gasteiger partial charge in [0.25, 0.3) is 0 Å². The Hall–Kier alpha value is -2.90. The number of hydrogen-bond acceptors (Lipinski definition) is 7. The predicted molar refractivity (Wildman–Crippen MR) is 97.8 cm³/mol. The number of benzene rings is 1. The van der Waals surface area contributed by atoms with Crippen molar-refractivity contribution in [2.45, 2.75) is 52.4 Å². The molecule has 28 heavy (non-hydrogen) atoms. The Kier molecular flexibility index (Phi) is 6.11. The van der Waals surface area contributed by atoms with Crippen LogP contribution in [0.25, 0.3) is 0 Å². The first kappa shape index (κ1) is 21.4. The third-order valence-corrected chi connectivity index (χ3v) is 4.33. The number of ether oxygens (including phenoxy) is 3. The number of imide groups is 1. The molecule has 0 unspecified atom stereocenters. The van der Waals surface area contributed by atoms with E-state index in [1.54, 1.807) is 45.0 Å². The Labute approximate surface area is 163 Å². The molecule has 8 heteroatoms. The third-order valence-electron chi connectivity index (χ3n) is 4.33. The molecule has 1 saturated heterocycles. The van der Waals surface area contributed by atoms with Gasteiger partial charge in [-0.05, 0) is 33.3 Å². The zero-order valence-electron chi connectivity index (χ0n) is 16.7. The van der Waals surface area contributed by atoms with Gasteiger partial charge >= 0.3 is 18.0 Å². The molecule has 1 aromatic rings. The highest BCUT2D eigenvalue weighted by atomic mass is 16.6. The predicted octanol–water partition coefficient (Wildman–Crippen LogP) is 2.45. The van der Waals surface area contributed by atoms with Gasteiger partial charge < -0.3 is 14.2 Å². The Balaban J connectivity index is 2.23. The van der Waals surface area contributed by atoms with E-state index in [1.807, 2.05) is 6.07 Å². The van der Waals surface area contributed by atoms with Crippen LogP contribution in [0, 0.1) is 5.41 Å². The van der Waals surface area contributed by atoms with Gasteiger partial charge in [0.15, 0.2) is 0 Å². The van der Waals surface area contributed by atoms with E-state index < -0.39 is 41.0 Å². The van der Waals surface area contributed by atoms with E-state index in [1.165, 1.54) is 6.92 Å². The summed E-state index contributed by atoms with van der Waals surface area (Å²) in [6.45, 7) is 6.21. The van der Waals surface area contributed by atoms with Gasteiger partial charge in [0.2, 0.25) is 5.91 Å². The summed E-state index contributed by atoms with van der Waals surface area (Å²) in [5.74, 6) is -2.48. The van der Waals surface area contributed by atoms with Gasteiger partial charge in [0.1, 0.15) is 23.7 Å². The van der Waals surface area contributed by atoms with Gasteiger partial charge in [0, 0.05) is 6.42 Å². The molecule has 1 aliphatic heterocycles. The van der Waals surface area contributed by atoms with Crippen molar-refractivity contribution in [3.8, 4) is 0 Å². The average molecular weight is 391 g/mol. The fraction of sp³-hybridized carbons (Fsp3) is 0.500. The third kappa shape index (κ3) is 4.49. The minimum atomic E-state index is -1.70.